The van der Waals surface area contributed by atoms with Gasteiger partial charge in [-0.1, -0.05) is 84.4 Å². The summed E-state index contributed by atoms with van der Waals surface area (Å²) in [6.07, 6.45) is 0. The first-order valence-electron chi connectivity index (χ1n) is 9.76. The monoisotopic (exact) mass is 422 g/mol. The van der Waals surface area contributed by atoms with Crippen molar-refractivity contribution in [3.8, 4) is 0 Å². The number of carbonyl (C=O) groups excluding carboxylic acids is 2. The Morgan fingerprint density at radius 3 is 2.00 bits per heavy atom. The van der Waals surface area contributed by atoms with E-state index in [4.69, 9.17) is 11.6 Å². The third-order valence-electron chi connectivity index (χ3n) is 4.80. The van der Waals surface area contributed by atoms with Gasteiger partial charge in [-0.2, -0.15) is 0 Å². The van der Waals surface area contributed by atoms with Crippen LogP contribution in [0.15, 0.2) is 84.9 Å². The maximum absolute atomic E-state index is 12.7. The summed E-state index contributed by atoms with van der Waals surface area (Å²) in [5.74, 6) is -0.414. The number of nitrogens with two attached hydrogens (primary N) is 1. The first kappa shape index (κ1) is 21.6. The SMILES string of the molecule is CN(CC(=O)Nc1ccccc1Cl)C(=O)C[NH2+]C(c1ccccc1)c1ccccc1. The summed E-state index contributed by atoms with van der Waals surface area (Å²) in [5, 5.41) is 5.19. The van der Waals surface area contributed by atoms with E-state index < -0.39 is 0 Å². The number of carbonyl (C=O) groups is 2. The van der Waals surface area contributed by atoms with Gasteiger partial charge in [0, 0.05) is 18.2 Å². The number of nitrogens with zero attached hydrogens (tertiary/aromatic N) is 1. The highest BCUT2D eigenvalue weighted by atomic mass is 35.5. The van der Waals surface area contributed by atoms with Crippen molar-refractivity contribution in [2.75, 3.05) is 25.5 Å². The molecule has 0 aliphatic rings. The standard InChI is InChI=1S/C24H24ClN3O2/c1-28(17-22(29)27-21-15-9-8-14-20(21)25)23(30)16-26-24(18-10-4-2-5-11-18)19-12-6-3-7-13-19/h2-15,24,26H,16-17H2,1H3,(H,27,29)/p+1. The lowest BCUT2D eigenvalue weighted by Gasteiger charge is -2.20. The van der Waals surface area contributed by atoms with Crippen molar-refractivity contribution in [3.63, 3.8) is 0 Å². The molecule has 0 radical (unpaired) electrons. The van der Waals surface area contributed by atoms with Crippen molar-refractivity contribution in [2.45, 2.75) is 6.04 Å². The largest absolute Gasteiger partial charge is 0.332 e. The molecule has 5 nitrogen and oxygen atoms in total. The van der Waals surface area contributed by atoms with Gasteiger partial charge < -0.3 is 15.5 Å². The summed E-state index contributed by atoms with van der Waals surface area (Å²) >= 11 is 6.07. The zero-order chi connectivity index (χ0) is 21.3. The number of rotatable bonds is 8. The van der Waals surface area contributed by atoms with E-state index >= 15 is 0 Å². The van der Waals surface area contributed by atoms with Gasteiger partial charge in [0.25, 0.3) is 5.91 Å². The van der Waals surface area contributed by atoms with Crippen LogP contribution in [0.5, 0.6) is 0 Å². The molecular weight excluding hydrogens is 398 g/mol. The first-order valence-corrected chi connectivity index (χ1v) is 10.1. The normalized spacial score (nSPS) is 10.6. The summed E-state index contributed by atoms with van der Waals surface area (Å²) in [6.45, 7) is 0.184. The molecule has 0 saturated heterocycles. The minimum Gasteiger partial charge on any atom is -0.332 e. The Kier molecular flexibility index (Phi) is 7.60. The van der Waals surface area contributed by atoms with Crippen LogP contribution < -0.4 is 10.6 Å². The highest BCUT2D eigenvalue weighted by Gasteiger charge is 2.21. The molecular formula is C24H25ClN3O2+. The van der Waals surface area contributed by atoms with Crippen LogP contribution in [0.25, 0.3) is 0 Å². The quantitative estimate of drug-likeness (QED) is 0.585. The number of anilines is 1. The van der Waals surface area contributed by atoms with Gasteiger partial charge in [0.2, 0.25) is 5.91 Å². The maximum atomic E-state index is 12.7. The van der Waals surface area contributed by atoms with Crippen LogP contribution in [-0.2, 0) is 9.59 Å². The minimum absolute atomic E-state index is 0.00158. The van der Waals surface area contributed by atoms with Crippen LogP contribution in [-0.4, -0.2) is 36.9 Å². The van der Waals surface area contributed by atoms with Crippen molar-refractivity contribution < 1.29 is 14.9 Å². The van der Waals surface area contributed by atoms with Crippen LogP contribution in [0.2, 0.25) is 5.02 Å². The van der Waals surface area contributed by atoms with Gasteiger partial charge in [0.05, 0.1) is 17.3 Å². The van der Waals surface area contributed by atoms with E-state index in [9.17, 15) is 9.59 Å². The number of amides is 2. The Labute approximate surface area is 181 Å². The van der Waals surface area contributed by atoms with E-state index in [1.165, 1.54) is 4.90 Å². The van der Waals surface area contributed by atoms with Gasteiger partial charge in [0.1, 0.15) is 6.04 Å². The molecule has 30 heavy (non-hydrogen) atoms. The number of halogens is 1. The second-order valence-electron chi connectivity index (χ2n) is 7.02. The molecule has 0 spiro atoms. The molecule has 6 heteroatoms. The molecule has 0 aliphatic carbocycles. The summed E-state index contributed by atoms with van der Waals surface area (Å²) < 4.78 is 0. The number of benzene rings is 3. The van der Waals surface area contributed by atoms with Crippen molar-refractivity contribution in [1.29, 1.82) is 0 Å². The molecule has 0 aromatic heterocycles. The van der Waals surface area contributed by atoms with Crippen LogP contribution in [0.1, 0.15) is 17.2 Å². The predicted octanol–water partition coefficient (Wildman–Crippen LogP) is 3.09. The van der Waals surface area contributed by atoms with E-state index in [2.05, 4.69) is 29.6 Å². The Bertz CT molecular complexity index is 941. The van der Waals surface area contributed by atoms with Gasteiger partial charge in [-0.3, -0.25) is 9.59 Å². The number of quaternary nitrogens is 1. The van der Waals surface area contributed by atoms with Gasteiger partial charge in [-0.15, -0.1) is 0 Å². The molecule has 0 saturated carbocycles. The molecule has 0 aliphatic heterocycles. The fourth-order valence-electron chi connectivity index (χ4n) is 3.22. The average molecular weight is 423 g/mol. The summed E-state index contributed by atoms with van der Waals surface area (Å²) in [6, 6.07) is 27.1. The van der Waals surface area contributed by atoms with Gasteiger partial charge >= 0.3 is 0 Å². The molecule has 2 amide bonds. The highest BCUT2D eigenvalue weighted by Crippen LogP contribution is 2.20. The summed E-state index contributed by atoms with van der Waals surface area (Å²) in [4.78, 5) is 26.4. The summed E-state index contributed by atoms with van der Waals surface area (Å²) in [5.41, 5.74) is 2.77. The highest BCUT2D eigenvalue weighted by molar-refractivity contribution is 6.33. The number of likely N-dealkylation sites (N-methyl/N-ethyl adjacent to an activating group) is 1. The molecule has 0 unspecified atom stereocenters. The Morgan fingerprint density at radius 1 is 0.900 bits per heavy atom. The molecule has 3 N–H and O–H groups in total. The smallest absolute Gasteiger partial charge is 0.277 e. The average Bonchev–Trinajstić information content (AvgIpc) is 2.77. The van der Waals surface area contributed by atoms with Gasteiger partial charge in [-0.25, -0.2) is 0 Å². The lowest BCUT2D eigenvalue weighted by molar-refractivity contribution is -0.677. The molecule has 154 valence electrons. The number of hydrogen-bond acceptors (Lipinski definition) is 2. The van der Waals surface area contributed by atoms with Crippen LogP contribution in [0.3, 0.4) is 0 Å². The molecule has 0 fully saturated rings. The fraction of sp³-hybridized carbons (Fsp3) is 0.167. The first-order chi connectivity index (χ1) is 14.5. The van der Waals surface area contributed by atoms with Crippen molar-refractivity contribution in [3.05, 3.63) is 101 Å². The van der Waals surface area contributed by atoms with E-state index in [0.29, 0.717) is 10.7 Å². The predicted molar refractivity (Wildman–Crippen MR) is 119 cm³/mol. The molecule has 3 aromatic carbocycles. The second kappa shape index (κ2) is 10.6. The second-order valence-corrected chi connectivity index (χ2v) is 7.42. The minimum atomic E-state index is -0.290. The van der Waals surface area contributed by atoms with Crippen LogP contribution in [0.4, 0.5) is 5.69 Å². The van der Waals surface area contributed by atoms with E-state index in [1.54, 1.807) is 31.3 Å². The topological polar surface area (TPSA) is 66.0 Å². The Hall–Kier alpha value is -3.15. The zero-order valence-corrected chi connectivity index (χ0v) is 17.5. The number of nitrogens with one attached hydrogen (secondary N) is 1. The molecule has 0 heterocycles. The van der Waals surface area contributed by atoms with Crippen molar-refractivity contribution >= 4 is 29.1 Å². The zero-order valence-electron chi connectivity index (χ0n) is 16.8. The van der Waals surface area contributed by atoms with E-state index in [1.807, 2.05) is 41.7 Å². The summed E-state index contributed by atoms with van der Waals surface area (Å²) in [7, 11) is 1.63. The molecule has 3 aromatic rings. The third kappa shape index (κ3) is 5.92. The maximum Gasteiger partial charge on any atom is 0.277 e. The van der Waals surface area contributed by atoms with Crippen LogP contribution in [0, 0.1) is 0 Å². The Morgan fingerprint density at radius 2 is 1.43 bits per heavy atom. The van der Waals surface area contributed by atoms with E-state index in [-0.39, 0.29) is 30.9 Å². The van der Waals surface area contributed by atoms with Crippen molar-refractivity contribution in [1.82, 2.24) is 4.90 Å². The third-order valence-corrected chi connectivity index (χ3v) is 5.13. The molecule has 0 atom stereocenters. The van der Waals surface area contributed by atoms with Gasteiger partial charge in [0.15, 0.2) is 6.54 Å². The lowest BCUT2D eigenvalue weighted by Crippen LogP contribution is -2.87. The van der Waals surface area contributed by atoms with Crippen LogP contribution >= 0.6 is 11.6 Å². The Balaban J connectivity index is 1.59. The van der Waals surface area contributed by atoms with Crippen molar-refractivity contribution in [2.24, 2.45) is 0 Å². The number of para-hydroxylation sites is 1. The lowest BCUT2D eigenvalue weighted by atomic mass is 9.99. The number of hydrogen-bond donors (Lipinski definition) is 2. The molecule has 0 bridgehead atoms. The van der Waals surface area contributed by atoms with E-state index in [0.717, 1.165) is 11.1 Å². The van der Waals surface area contributed by atoms with Gasteiger partial charge in [-0.05, 0) is 12.1 Å². The fourth-order valence-corrected chi connectivity index (χ4v) is 3.40. The molecule has 3 rings (SSSR count).